The van der Waals surface area contributed by atoms with Gasteiger partial charge in [0.1, 0.15) is 12.5 Å². The van der Waals surface area contributed by atoms with Gasteiger partial charge in [0, 0.05) is 16.8 Å². The fourth-order valence-electron chi connectivity index (χ4n) is 4.21. The van der Waals surface area contributed by atoms with Crippen LogP contribution in [0.25, 0.3) is 0 Å². The number of benzene rings is 1. The number of anilines is 1. The second kappa shape index (κ2) is 7.63. The van der Waals surface area contributed by atoms with E-state index in [9.17, 15) is 8.78 Å². The largest absolute Gasteiger partial charge is 0.399 e. The Morgan fingerprint density at radius 2 is 2.08 bits per heavy atom. The number of ether oxygens (including phenoxy) is 1. The molecule has 1 saturated heterocycles. The Morgan fingerprint density at radius 3 is 2.58 bits per heavy atom. The average Bonchev–Trinajstić information content (AvgIpc) is 2.91. The van der Waals surface area contributed by atoms with Gasteiger partial charge in [-0.25, -0.2) is 8.78 Å². The van der Waals surface area contributed by atoms with E-state index in [1.54, 1.807) is 6.07 Å². The summed E-state index contributed by atoms with van der Waals surface area (Å²) in [4.78, 5) is 0. The highest BCUT2D eigenvalue weighted by atomic mass is 19.1. The van der Waals surface area contributed by atoms with Crippen LogP contribution in [0, 0.1) is 28.5 Å². The standard InChI is InChI=1S/C21H32F2N2O/c1-6-14(9-19(25)20(3,4)5)21(12-26-18(11-22)13(21)2)16-10-15(24)7-8-17(16)23/h7-8,10,13-14,18,25H,6,9,11-12,24H2,1-5H3. The van der Waals surface area contributed by atoms with Crippen molar-refractivity contribution in [3.05, 3.63) is 29.6 Å². The van der Waals surface area contributed by atoms with Crippen LogP contribution in [0.4, 0.5) is 14.5 Å². The monoisotopic (exact) mass is 366 g/mol. The highest BCUT2D eigenvalue weighted by molar-refractivity contribution is 5.86. The maximum atomic E-state index is 14.9. The molecule has 1 aliphatic rings. The molecule has 26 heavy (non-hydrogen) atoms. The molecule has 0 aliphatic carbocycles. The van der Waals surface area contributed by atoms with Gasteiger partial charge < -0.3 is 15.9 Å². The number of nitrogens with one attached hydrogen (secondary N) is 1. The smallest absolute Gasteiger partial charge is 0.127 e. The van der Waals surface area contributed by atoms with Gasteiger partial charge in [-0.15, -0.1) is 0 Å². The number of nitrogens with two attached hydrogens (primary N) is 1. The van der Waals surface area contributed by atoms with Gasteiger partial charge in [-0.05, 0) is 47.4 Å². The second-order valence-electron chi connectivity index (χ2n) is 8.61. The molecule has 4 unspecified atom stereocenters. The Morgan fingerprint density at radius 1 is 1.42 bits per heavy atom. The van der Waals surface area contributed by atoms with Crippen LogP contribution in [-0.4, -0.2) is 25.1 Å². The van der Waals surface area contributed by atoms with E-state index < -0.39 is 18.2 Å². The molecule has 0 saturated carbocycles. The first kappa shape index (κ1) is 20.8. The Labute approximate surface area is 155 Å². The van der Waals surface area contributed by atoms with Crippen molar-refractivity contribution in [3.63, 3.8) is 0 Å². The second-order valence-corrected chi connectivity index (χ2v) is 8.61. The normalized spacial score (nSPS) is 27.5. The molecule has 2 rings (SSSR count). The number of hydrogen-bond acceptors (Lipinski definition) is 3. The van der Waals surface area contributed by atoms with E-state index in [0.717, 1.165) is 6.42 Å². The molecule has 0 bridgehead atoms. The maximum Gasteiger partial charge on any atom is 0.127 e. The topological polar surface area (TPSA) is 59.1 Å². The fourth-order valence-corrected chi connectivity index (χ4v) is 4.21. The predicted molar refractivity (Wildman–Crippen MR) is 103 cm³/mol. The number of nitrogen functional groups attached to an aromatic ring is 1. The maximum absolute atomic E-state index is 14.9. The summed E-state index contributed by atoms with van der Waals surface area (Å²) >= 11 is 0. The molecule has 3 nitrogen and oxygen atoms in total. The molecule has 1 fully saturated rings. The van der Waals surface area contributed by atoms with Gasteiger partial charge in [-0.2, -0.15) is 0 Å². The third kappa shape index (κ3) is 3.64. The van der Waals surface area contributed by atoms with E-state index in [1.807, 2.05) is 34.6 Å². The summed E-state index contributed by atoms with van der Waals surface area (Å²) in [5.74, 6) is -0.575. The Hall–Kier alpha value is -1.49. The van der Waals surface area contributed by atoms with Crippen molar-refractivity contribution in [1.82, 2.24) is 0 Å². The zero-order valence-corrected chi connectivity index (χ0v) is 16.5. The van der Waals surface area contributed by atoms with Gasteiger partial charge in [0.05, 0.1) is 12.7 Å². The number of halogens is 2. The first-order valence-electron chi connectivity index (χ1n) is 9.38. The van der Waals surface area contributed by atoms with Crippen molar-refractivity contribution in [2.45, 2.75) is 59.0 Å². The summed E-state index contributed by atoms with van der Waals surface area (Å²) in [6.45, 7) is 9.66. The molecule has 3 N–H and O–H groups in total. The van der Waals surface area contributed by atoms with Crippen LogP contribution in [0.2, 0.25) is 0 Å². The van der Waals surface area contributed by atoms with Crippen LogP contribution < -0.4 is 5.73 Å². The highest BCUT2D eigenvalue weighted by Crippen LogP contribution is 2.51. The van der Waals surface area contributed by atoms with Crippen LogP contribution in [0.1, 0.15) is 53.0 Å². The lowest BCUT2D eigenvalue weighted by Crippen LogP contribution is -2.45. The van der Waals surface area contributed by atoms with E-state index >= 15 is 0 Å². The van der Waals surface area contributed by atoms with Crippen molar-refractivity contribution in [3.8, 4) is 0 Å². The molecule has 0 spiro atoms. The summed E-state index contributed by atoms with van der Waals surface area (Å²) in [5, 5.41) is 8.51. The van der Waals surface area contributed by atoms with Crippen molar-refractivity contribution >= 4 is 11.4 Å². The molecule has 0 aromatic heterocycles. The fraction of sp³-hybridized carbons (Fsp3) is 0.667. The summed E-state index contributed by atoms with van der Waals surface area (Å²) in [7, 11) is 0. The lowest BCUT2D eigenvalue weighted by molar-refractivity contribution is 0.0701. The zero-order valence-electron chi connectivity index (χ0n) is 16.5. The van der Waals surface area contributed by atoms with Crippen LogP contribution in [0.15, 0.2) is 18.2 Å². The molecule has 146 valence electrons. The van der Waals surface area contributed by atoms with Crippen LogP contribution in [0.5, 0.6) is 0 Å². The molecule has 0 radical (unpaired) electrons. The van der Waals surface area contributed by atoms with E-state index in [1.165, 1.54) is 12.1 Å². The first-order valence-corrected chi connectivity index (χ1v) is 9.38. The molecule has 5 heteroatoms. The van der Waals surface area contributed by atoms with Gasteiger partial charge >= 0.3 is 0 Å². The third-order valence-corrected chi connectivity index (χ3v) is 6.13. The summed E-state index contributed by atoms with van der Waals surface area (Å²) in [6, 6.07) is 4.58. The summed E-state index contributed by atoms with van der Waals surface area (Å²) in [5.41, 5.74) is 6.60. The molecule has 1 aliphatic heterocycles. The van der Waals surface area contributed by atoms with Crippen LogP contribution in [0.3, 0.4) is 0 Å². The lowest BCUT2D eigenvalue weighted by atomic mass is 9.60. The zero-order chi connectivity index (χ0) is 19.7. The third-order valence-electron chi connectivity index (χ3n) is 6.13. The van der Waals surface area contributed by atoms with Gasteiger partial charge in [-0.3, -0.25) is 0 Å². The predicted octanol–water partition coefficient (Wildman–Crippen LogP) is 5.13. The van der Waals surface area contributed by atoms with Gasteiger partial charge in [0.15, 0.2) is 0 Å². The molecule has 0 amide bonds. The number of rotatable bonds is 6. The van der Waals surface area contributed by atoms with Crippen molar-refractivity contribution in [2.75, 3.05) is 19.0 Å². The van der Waals surface area contributed by atoms with Gasteiger partial charge in [0.2, 0.25) is 0 Å². The van der Waals surface area contributed by atoms with E-state index in [0.29, 0.717) is 23.4 Å². The van der Waals surface area contributed by atoms with Crippen LogP contribution in [-0.2, 0) is 10.2 Å². The highest BCUT2D eigenvalue weighted by Gasteiger charge is 2.54. The summed E-state index contributed by atoms with van der Waals surface area (Å²) in [6.07, 6.45) is 0.717. The Balaban J connectivity index is 2.57. The summed E-state index contributed by atoms with van der Waals surface area (Å²) < 4.78 is 34.2. The van der Waals surface area contributed by atoms with Gasteiger partial charge in [0.25, 0.3) is 0 Å². The average molecular weight is 366 g/mol. The SMILES string of the molecule is CCC(CC(=N)C(C)(C)C)C1(c2cc(N)ccc2F)COC(CF)C1C. The Bertz CT molecular complexity index is 656. The molecule has 1 aromatic carbocycles. The molecular weight excluding hydrogens is 334 g/mol. The van der Waals surface area contributed by atoms with Crippen molar-refractivity contribution in [2.24, 2.45) is 17.3 Å². The van der Waals surface area contributed by atoms with Crippen molar-refractivity contribution in [1.29, 1.82) is 5.41 Å². The molecule has 4 atom stereocenters. The lowest BCUT2D eigenvalue weighted by Gasteiger charge is -2.42. The first-order chi connectivity index (χ1) is 12.1. The molecular formula is C21H32F2N2O. The quantitative estimate of drug-likeness (QED) is 0.541. The minimum absolute atomic E-state index is 0.0305. The van der Waals surface area contributed by atoms with Crippen LogP contribution >= 0.6 is 0 Å². The van der Waals surface area contributed by atoms with E-state index in [4.69, 9.17) is 15.9 Å². The van der Waals surface area contributed by atoms with Crippen molar-refractivity contribution < 1.29 is 13.5 Å². The minimum atomic E-state index is -0.692. The van der Waals surface area contributed by atoms with Gasteiger partial charge in [-0.1, -0.05) is 41.0 Å². The molecule has 1 aromatic rings. The Kier molecular flexibility index (Phi) is 6.11. The number of hydrogen-bond donors (Lipinski definition) is 2. The van der Waals surface area contributed by atoms with E-state index in [-0.39, 0.29) is 29.7 Å². The molecule has 1 heterocycles. The number of alkyl halides is 1. The van der Waals surface area contributed by atoms with E-state index in [2.05, 4.69) is 0 Å². The minimum Gasteiger partial charge on any atom is -0.399 e.